The molecule has 0 spiro atoms. The molecule has 0 fully saturated rings. The lowest BCUT2D eigenvalue weighted by Gasteiger charge is -2.32. The normalized spacial score (nSPS) is 16.2. The zero-order valence-corrected chi connectivity index (χ0v) is 9.69. The first-order valence-electron chi connectivity index (χ1n) is 4.92. The van der Waals surface area contributed by atoms with Gasteiger partial charge in [0.25, 0.3) is 0 Å². The molecular weight excluding hydrogens is 223 g/mol. The molecule has 0 radical (unpaired) electrons. The van der Waals surface area contributed by atoms with Crippen LogP contribution < -0.4 is 11.1 Å². The predicted molar refractivity (Wildman–Crippen MR) is 54.8 cm³/mol. The first kappa shape index (κ1) is 15.2. The summed E-state index contributed by atoms with van der Waals surface area (Å²) in [4.78, 5) is 12.2. The molecule has 1 amide bonds. The average Bonchev–Trinajstić information content (AvgIpc) is 2.14. The molecule has 0 aliphatic rings. The summed E-state index contributed by atoms with van der Waals surface area (Å²) in [7, 11) is 1.49. The molecule has 4 nitrogen and oxygen atoms in total. The van der Waals surface area contributed by atoms with E-state index in [0.717, 1.165) is 4.90 Å². The van der Waals surface area contributed by atoms with E-state index in [-0.39, 0.29) is 13.1 Å². The van der Waals surface area contributed by atoms with E-state index >= 15 is 0 Å². The number of hydrogen-bond acceptors (Lipinski definition) is 3. The van der Waals surface area contributed by atoms with Gasteiger partial charge in [0.2, 0.25) is 5.91 Å². The third kappa shape index (κ3) is 4.80. The molecule has 3 N–H and O–H groups in total. The Morgan fingerprint density at radius 1 is 1.38 bits per heavy atom. The van der Waals surface area contributed by atoms with E-state index in [0.29, 0.717) is 0 Å². The largest absolute Gasteiger partial charge is 0.401 e. The summed E-state index contributed by atoms with van der Waals surface area (Å²) in [5.41, 5.74) is 3.99. The lowest BCUT2D eigenvalue weighted by molar-refractivity contribution is -0.149. The van der Waals surface area contributed by atoms with E-state index in [1.54, 1.807) is 6.92 Å². The van der Waals surface area contributed by atoms with Gasteiger partial charge in [-0.15, -0.1) is 0 Å². The third-order valence-electron chi connectivity index (χ3n) is 2.49. The fraction of sp³-hybridized carbons (Fsp3) is 0.889. The summed E-state index contributed by atoms with van der Waals surface area (Å²) in [5.74, 6) is -0.671. The zero-order valence-electron chi connectivity index (χ0n) is 9.69. The molecule has 0 saturated carbocycles. The maximum atomic E-state index is 12.2. The Morgan fingerprint density at radius 2 is 1.88 bits per heavy atom. The van der Waals surface area contributed by atoms with E-state index in [9.17, 15) is 18.0 Å². The Hall–Kier alpha value is -0.820. The summed E-state index contributed by atoms with van der Waals surface area (Å²) in [6.07, 6.45) is -4.28. The molecule has 0 rings (SSSR count). The van der Waals surface area contributed by atoms with Gasteiger partial charge in [0.15, 0.2) is 0 Å². The van der Waals surface area contributed by atoms with Crippen LogP contribution in [-0.4, -0.2) is 49.2 Å². The van der Waals surface area contributed by atoms with Crippen LogP contribution in [0, 0.1) is 0 Å². The Labute approximate surface area is 93.0 Å². The van der Waals surface area contributed by atoms with Crippen LogP contribution in [-0.2, 0) is 4.79 Å². The molecule has 16 heavy (non-hydrogen) atoms. The summed E-state index contributed by atoms with van der Waals surface area (Å²) < 4.78 is 36.6. The number of halogens is 3. The highest BCUT2D eigenvalue weighted by Gasteiger charge is 2.36. The van der Waals surface area contributed by atoms with Gasteiger partial charge in [0.05, 0.1) is 6.54 Å². The van der Waals surface area contributed by atoms with Crippen molar-refractivity contribution in [2.45, 2.75) is 25.6 Å². The van der Waals surface area contributed by atoms with Gasteiger partial charge in [0, 0.05) is 6.54 Å². The Bertz CT molecular complexity index is 245. The topological polar surface area (TPSA) is 58.4 Å². The number of nitrogens with one attached hydrogen (secondary N) is 1. The van der Waals surface area contributed by atoms with Crippen LogP contribution in [0.25, 0.3) is 0 Å². The van der Waals surface area contributed by atoms with E-state index in [4.69, 9.17) is 5.73 Å². The Balaban J connectivity index is 4.58. The van der Waals surface area contributed by atoms with Crippen LogP contribution >= 0.6 is 0 Å². The minimum absolute atomic E-state index is 0.0746. The molecule has 0 aliphatic heterocycles. The van der Waals surface area contributed by atoms with Gasteiger partial charge < -0.3 is 11.1 Å². The van der Waals surface area contributed by atoms with E-state index in [1.807, 2.05) is 0 Å². The maximum absolute atomic E-state index is 12.2. The van der Waals surface area contributed by atoms with Crippen LogP contribution in [0.3, 0.4) is 0 Å². The first-order valence-corrected chi connectivity index (χ1v) is 4.92. The van der Waals surface area contributed by atoms with Crippen LogP contribution in [0.15, 0.2) is 0 Å². The number of nitrogens with zero attached hydrogens (tertiary/aromatic N) is 1. The molecule has 1 atom stereocenters. The number of hydrogen-bond donors (Lipinski definition) is 2. The molecule has 0 bridgehead atoms. The molecule has 0 aromatic carbocycles. The average molecular weight is 241 g/mol. The van der Waals surface area contributed by atoms with Crippen LogP contribution in [0.1, 0.15) is 13.8 Å². The van der Waals surface area contributed by atoms with Crippen molar-refractivity contribution in [3.05, 3.63) is 0 Å². The second kappa shape index (κ2) is 5.49. The van der Waals surface area contributed by atoms with Crippen molar-refractivity contribution in [3.63, 3.8) is 0 Å². The second-order valence-corrected chi connectivity index (χ2v) is 3.86. The van der Waals surface area contributed by atoms with Gasteiger partial charge in [0.1, 0.15) is 5.54 Å². The van der Waals surface area contributed by atoms with Gasteiger partial charge in [-0.2, -0.15) is 13.2 Å². The highest BCUT2D eigenvalue weighted by atomic mass is 19.4. The maximum Gasteiger partial charge on any atom is 0.401 e. The fourth-order valence-electron chi connectivity index (χ4n) is 1.26. The summed E-state index contributed by atoms with van der Waals surface area (Å²) in [6, 6.07) is 0. The lowest BCUT2D eigenvalue weighted by atomic mass is 10.0. The van der Waals surface area contributed by atoms with Crippen molar-refractivity contribution in [1.29, 1.82) is 0 Å². The number of nitrogens with two attached hydrogens (primary N) is 1. The molecular formula is C9H18F3N3O. The second-order valence-electron chi connectivity index (χ2n) is 3.86. The third-order valence-corrected chi connectivity index (χ3v) is 2.49. The Kier molecular flexibility index (Phi) is 5.21. The SMILES string of the molecule is CCN(CC(F)(F)F)CC(C)(NC)C(N)=O. The van der Waals surface area contributed by atoms with Gasteiger partial charge in [-0.05, 0) is 20.5 Å². The minimum atomic E-state index is -4.28. The van der Waals surface area contributed by atoms with E-state index in [2.05, 4.69) is 5.32 Å². The lowest BCUT2D eigenvalue weighted by Crippen LogP contribution is -2.59. The van der Waals surface area contributed by atoms with Crippen molar-refractivity contribution < 1.29 is 18.0 Å². The number of rotatable bonds is 6. The number of primary amides is 1. The van der Waals surface area contributed by atoms with Crippen molar-refractivity contribution in [3.8, 4) is 0 Å². The summed E-state index contributed by atoms with van der Waals surface area (Å²) >= 11 is 0. The minimum Gasteiger partial charge on any atom is -0.368 e. The van der Waals surface area contributed by atoms with Crippen molar-refractivity contribution >= 4 is 5.91 Å². The quantitative estimate of drug-likeness (QED) is 0.704. The highest BCUT2D eigenvalue weighted by molar-refractivity contribution is 5.84. The highest BCUT2D eigenvalue weighted by Crippen LogP contribution is 2.17. The molecule has 0 aromatic heterocycles. The number of alkyl halides is 3. The van der Waals surface area contributed by atoms with Crippen molar-refractivity contribution in [2.24, 2.45) is 5.73 Å². The van der Waals surface area contributed by atoms with Crippen molar-refractivity contribution in [2.75, 3.05) is 26.7 Å². The molecule has 7 heteroatoms. The van der Waals surface area contributed by atoms with Crippen LogP contribution in [0.2, 0.25) is 0 Å². The standard InChI is InChI=1S/C9H18F3N3O/c1-4-15(6-9(10,11)12)5-8(2,14-3)7(13)16/h14H,4-6H2,1-3H3,(H2,13,16). The van der Waals surface area contributed by atoms with E-state index < -0.39 is 24.2 Å². The summed E-state index contributed by atoms with van der Waals surface area (Å²) in [6.45, 7) is 2.16. The van der Waals surface area contributed by atoms with Crippen LogP contribution in [0.4, 0.5) is 13.2 Å². The van der Waals surface area contributed by atoms with Crippen molar-refractivity contribution in [1.82, 2.24) is 10.2 Å². The summed E-state index contributed by atoms with van der Waals surface area (Å²) in [5, 5.41) is 2.64. The van der Waals surface area contributed by atoms with Gasteiger partial charge in [-0.25, -0.2) is 0 Å². The monoisotopic (exact) mass is 241 g/mol. The van der Waals surface area contributed by atoms with Gasteiger partial charge >= 0.3 is 6.18 Å². The molecule has 0 aromatic rings. The fourth-order valence-corrected chi connectivity index (χ4v) is 1.26. The zero-order chi connectivity index (χ0) is 13.0. The first-order chi connectivity index (χ1) is 7.14. The smallest absolute Gasteiger partial charge is 0.368 e. The number of carbonyl (C=O) groups is 1. The van der Waals surface area contributed by atoms with Crippen LogP contribution in [0.5, 0.6) is 0 Å². The number of likely N-dealkylation sites (N-methyl/N-ethyl adjacent to an activating group) is 2. The molecule has 96 valence electrons. The number of amides is 1. The molecule has 0 aliphatic carbocycles. The van der Waals surface area contributed by atoms with Gasteiger partial charge in [-0.3, -0.25) is 9.69 Å². The molecule has 1 unspecified atom stereocenters. The van der Waals surface area contributed by atoms with Gasteiger partial charge in [-0.1, -0.05) is 6.92 Å². The predicted octanol–water partition coefficient (Wildman–Crippen LogP) is 0.334. The number of carbonyl (C=O) groups excluding carboxylic acids is 1. The molecule has 0 heterocycles. The Morgan fingerprint density at radius 3 is 2.12 bits per heavy atom. The van der Waals surface area contributed by atoms with E-state index in [1.165, 1.54) is 14.0 Å². The molecule has 0 saturated heterocycles.